The number of benzene rings is 2. The summed E-state index contributed by atoms with van der Waals surface area (Å²) < 4.78 is 31.2. The van der Waals surface area contributed by atoms with Crippen LogP contribution < -0.4 is 5.32 Å². The normalized spacial score (nSPS) is 20.8. The summed E-state index contributed by atoms with van der Waals surface area (Å²) in [5, 5.41) is 12.0. The highest BCUT2D eigenvalue weighted by Crippen LogP contribution is 2.18. The fourth-order valence-corrected chi connectivity index (χ4v) is 3.17. The molecule has 1 aliphatic rings. The third-order valence-corrected chi connectivity index (χ3v) is 4.88. The van der Waals surface area contributed by atoms with E-state index in [4.69, 9.17) is 0 Å². The molecule has 3 N–H and O–H groups in total. The van der Waals surface area contributed by atoms with Gasteiger partial charge in [0, 0.05) is 5.56 Å². The predicted octanol–water partition coefficient (Wildman–Crippen LogP) is 1.34. The maximum Gasteiger partial charge on any atom is 0.138 e. The van der Waals surface area contributed by atoms with Crippen molar-refractivity contribution in [1.82, 2.24) is 0 Å². The van der Waals surface area contributed by atoms with Gasteiger partial charge < -0.3 is 15.0 Å². The van der Waals surface area contributed by atoms with Crippen LogP contribution in [0, 0.1) is 6.92 Å². The van der Waals surface area contributed by atoms with E-state index in [2.05, 4.69) is 17.4 Å². The predicted molar refractivity (Wildman–Crippen MR) is 90.4 cm³/mol. The quantitative estimate of drug-likeness (QED) is 0.800. The number of aryl methyl sites for hydroxylation is 1. The SMILES string of the molecule is Cc1ccc(S(=O)(=O)[O-])cc1.O[C@@H]1CCC[NH2+][C@@H]1c1ccccc1. The van der Waals surface area contributed by atoms with Crippen LogP contribution >= 0.6 is 0 Å². The van der Waals surface area contributed by atoms with Crippen molar-refractivity contribution in [3.05, 3.63) is 65.7 Å². The summed E-state index contributed by atoms with van der Waals surface area (Å²) in [5.74, 6) is 0. The number of quaternary nitrogens is 1. The van der Waals surface area contributed by atoms with E-state index < -0.39 is 10.1 Å². The number of hydrogen-bond acceptors (Lipinski definition) is 4. The summed E-state index contributed by atoms with van der Waals surface area (Å²) in [6.45, 7) is 2.96. The molecule has 0 bridgehead atoms. The van der Waals surface area contributed by atoms with Gasteiger partial charge in [-0.15, -0.1) is 0 Å². The van der Waals surface area contributed by atoms with Crippen LogP contribution in [0.25, 0.3) is 0 Å². The second-order valence-corrected chi connectivity index (χ2v) is 7.32. The van der Waals surface area contributed by atoms with Crippen molar-refractivity contribution < 1.29 is 23.4 Å². The molecule has 5 nitrogen and oxygen atoms in total. The molecule has 1 heterocycles. The number of hydrogen-bond donors (Lipinski definition) is 2. The molecule has 1 fully saturated rings. The van der Waals surface area contributed by atoms with E-state index in [0.29, 0.717) is 0 Å². The van der Waals surface area contributed by atoms with Crippen molar-refractivity contribution >= 4 is 10.1 Å². The Balaban J connectivity index is 0.000000177. The molecule has 0 spiro atoms. The highest BCUT2D eigenvalue weighted by atomic mass is 32.2. The Hall–Kier alpha value is -1.73. The van der Waals surface area contributed by atoms with E-state index in [1.807, 2.05) is 25.1 Å². The lowest BCUT2D eigenvalue weighted by atomic mass is 9.95. The molecule has 0 saturated carbocycles. The van der Waals surface area contributed by atoms with Gasteiger partial charge in [-0.25, -0.2) is 8.42 Å². The van der Waals surface area contributed by atoms with Crippen molar-refractivity contribution in [2.45, 2.75) is 36.8 Å². The smallest absolute Gasteiger partial charge is 0.138 e. The maximum atomic E-state index is 10.4. The minimum absolute atomic E-state index is 0.170. The first kappa shape index (κ1) is 18.6. The van der Waals surface area contributed by atoms with E-state index >= 15 is 0 Å². The number of piperidine rings is 1. The molecule has 0 unspecified atom stereocenters. The van der Waals surface area contributed by atoms with Crippen molar-refractivity contribution in [3.8, 4) is 0 Å². The van der Waals surface area contributed by atoms with Crippen LogP contribution in [0.2, 0.25) is 0 Å². The zero-order chi connectivity index (χ0) is 17.6. The summed E-state index contributed by atoms with van der Waals surface area (Å²) in [5.41, 5.74) is 2.17. The number of aliphatic hydroxyl groups excluding tert-OH is 1. The van der Waals surface area contributed by atoms with E-state index in [-0.39, 0.29) is 17.0 Å². The fraction of sp³-hybridized carbons (Fsp3) is 0.333. The van der Waals surface area contributed by atoms with Crippen molar-refractivity contribution in [2.75, 3.05) is 6.54 Å². The Bertz CT molecular complexity index is 729. The summed E-state index contributed by atoms with van der Waals surface area (Å²) in [7, 11) is -4.27. The fourth-order valence-electron chi connectivity index (χ4n) is 2.70. The minimum Gasteiger partial charge on any atom is -0.744 e. The van der Waals surface area contributed by atoms with Crippen molar-refractivity contribution in [2.24, 2.45) is 0 Å². The average molecular weight is 349 g/mol. The third-order valence-electron chi connectivity index (χ3n) is 4.03. The van der Waals surface area contributed by atoms with E-state index in [9.17, 15) is 18.1 Å². The average Bonchev–Trinajstić information content (AvgIpc) is 2.56. The molecule has 1 aliphatic heterocycles. The molecule has 130 valence electrons. The molecule has 1 saturated heterocycles. The van der Waals surface area contributed by atoms with E-state index in [0.717, 1.165) is 24.9 Å². The Morgan fingerprint density at radius 1 is 1.08 bits per heavy atom. The van der Waals surface area contributed by atoms with E-state index in [1.165, 1.54) is 17.7 Å². The van der Waals surface area contributed by atoms with Gasteiger partial charge in [-0.05, 0) is 31.9 Å². The van der Waals surface area contributed by atoms with Gasteiger partial charge in [0.15, 0.2) is 0 Å². The molecular formula is C18H23NO4S. The van der Waals surface area contributed by atoms with Crippen LogP contribution in [0.4, 0.5) is 0 Å². The lowest BCUT2D eigenvalue weighted by molar-refractivity contribution is -0.712. The highest BCUT2D eigenvalue weighted by molar-refractivity contribution is 7.85. The first-order valence-electron chi connectivity index (χ1n) is 7.97. The molecule has 24 heavy (non-hydrogen) atoms. The van der Waals surface area contributed by atoms with Gasteiger partial charge in [0.1, 0.15) is 22.3 Å². The maximum absolute atomic E-state index is 10.4. The van der Waals surface area contributed by atoms with Gasteiger partial charge in [0.05, 0.1) is 11.4 Å². The molecule has 0 aliphatic carbocycles. The Morgan fingerprint density at radius 3 is 2.25 bits per heavy atom. The number of aliphatic hydroxyl groups is 1. The van der Waals surface area contributed by atoms with Gasteiger partial charge in [0.25, 0.3) is 0 Å². The molecule has 2 atom stereocenters. The molecule has 0 radical (unpaired) electrons. The first-order chi connectivity index (χ1) is 11.4. The summed E-state index contributed by atoms with van der Waals surface area (Å²) >= 11 is 0. The third kappa shape index (κ3) is 5.42. The number of nitrogens with two attached hydrogens (primary N) is 1. The van der Waals surface area contributed by atoms with Gasteiger partial charge in [-0.2, -0.15) is 0 Å². The molecule has 6 heteroatoms. The number of rotatable bonds is 2. The minimum atomic E-state index is -4.27. The molecule has 3 rings (SSSR count). The molecule has 2 aromatic carbocycles. The Labute approximate surface area is 143 Å². The summed E-state index contributed by atoms with van der Waals surface area (Å²) in [6, 6.07) is 16.3. The zero-order valence-electron chi connectivity index (χ0n) is 13.6. The second kappa shape index (κ2) is 8.39. The van der Waals surface area contributed by atoms with Crippen LogP contribution in [-0.4, -0.2) is 30.7 Å². The molecular weight excluding hydrogens is 326 g/mol. The van der Waals surface area contributed by atoms with E-state index in [1.54, 1.807) is 12.1 Å². The highest BCUT2D eigenvalue weighted by Gasteiger charge is 2.27. The van der Waals surface area contributed by atoms with Crippen LogP contribution in [-0.2, 0) is 10.1 Å². The first-order valence-corrected chi connectivity index (χ1v) is 9.37. The monoisotopic (exact) mass is 349 g/mol. The van der Waals surface area contributed by atoms with Crippen LogP contribution in [0.15, 0.2) is 59.5 Å². The van der Waals surface area contributed by atoms with Gasteiger partial charge in [0.2, 0.25) is 0 Å². The lowest BCUT2D eigenvalue weighted by Crippen LogP contribution is -2.89. The van der Waals surface area contributed by atoms with Crippen molar-refractivity contribution in [3.63, 3.8) is 0 Å². The standard InChI is InChI=1S/C11H15NO.C7H8O3S/c13-10-7-4-8-12-11(10)9-5-2-1-3-6-9;1-6-2-4-7(5-3-6)11(8,9)10/h1-3,5-6,10-13H,4,7-8H2;2-5H,1H3,(H,8,9,10)/t10-,11-;/m1./s1. The van der Waals surface area contributed by atoms with Crippen LogP contribution in [0.1, 0.15) is 30.0 Å². The van der Waals surface area contributed by atoms with Crippen molar-refractivity contribution in [1.29, 1.82) is 0 Å². The Kier molecular flexibility index (Phi) is 6.51. The topological polar surface area (TPSA) is 94.0 Å². The van der Waals surface area contributed by atoms with Gasteiger partial charge in [-0.1, -0.05) is 48.0 Å². The lowest BCUT2D eigenvalue weighted by Gasteiger charge is -2.25. The zero-order valence-corrected chi connectivity index (χ0v) is 14.4. The summed E-state index contributed by atoms with van der Waals surface area (Å²) in [6.07, 6.45) is 1.90. The van der Waals surface area contributed by atoms with Gasteiger partial charge >= 0.3 is 0 Å². The van der Waals surface area contributed by atoms with Crippen LogP contribution in [0.3, 0.4) is 0 Å². The second-order valence-electron chi connectivity index (χ2n) is 5.94. The molecule has 2 aromatic rings. The Morgan fingerprint density at radius 2 is 1.71 bits per heavy atom. The largest absolute Gasteiger partial charge is 0.744 e. The van der Waals surface area contributed by atoms with Gasteiger partial charge in [-0.3, -0.25) is 0 Å². The molecule has 0 aromatic heterocycles. The summed E-state index contributed by atoms with van der Waals surface area (Å²) in [4.78, 5) is -0.178. The van der Waals surface area contributed by atoms with Crippen LogP contribution in [0.5, 0.6) is 0 Å². The molecule has 0 amide bonds.